The van der Waals surface area contributed by atoms with Gasteiger partial charge in [-0.2, -0.15) is 0 Å². The van der Waals surface area contributed by atoms with Crippen LogP contribution in [0, 0.1) is 0 Å². The molecule has 0 unspecified atom stereocenters. The minimum Gasteiger partial charge on any atom is -0.484 e. The Balaban J connectivity index is 1.95. The molecule has 0 atom stereocenters. The number of fused-ring (bicyclic) bond motifs is 1. The van der Waals surface area contributed by atoms with Gasteiger partial charge >= 0.3 is 5.63 Å². The van der Waals surface area contributed by atoms with Crippen LogP contribution in [0.4, 0.5) is 0 Å². The molecule has 6 heteroatoms. The summed E-state index contributed by atoms with van der Waals surface area (Å²) in [5.74, 6) is 0.354. The van der Waals surface area contributed by atoms with Gasteiger partial charge in [-0.1, -0.05) is 13.3 Å². The second-order valence-corrected chi connectivity index (χ2v) is 6.45. The van der Waals surface area contributed by atoms with Crippen molar-refractivity contribution in [1.29, 1.82) is 0 Å². The number of ether oxygens (including phenoxy) is 1. The number of rotatable bonds is 9. The van der Waals surface area contributed by atoms with Crippen molar-refractivity contribution in [2.24, 2.45) is 0 Å². The molecule has 2 N–H and O–H groups in total. The van der Waals surface area contributed by atoms with E-state index in [1.165, 1.54) is 11.0 Å². The summed E-state index contributed by atoms with van der Waals surface area (Å²) in [7, 11) is 4.16. The summed E-state index contributed by atoms with van der Waals surface area (Å²) in [5, 5.41) is 3.74. The molecule has 0 aliphatic heterocycles. The Kier molecular flexibility index (Phi) is 7.01. The molecule has 1 aromatic heterocycles. The lowest BCUT2D eigenvalue weighted by atomic mass is 10.1. The number of benzene rings is 1. The van der Waals surface area contributed by atoms with Crippen molar-refractivity contribution in [1.82, 2.24) is 5.32 Å². The zero-order valence-electron chi connectivity index (χ0n) is 15.2. The molecule has 136 valence electrons. The minimum absolute atomic E-state index is 0.0563. The van der Waals surface area contributed by atoms with Crippen LogP contribution in [0.2, 0.25) is 0 Å². The van der Waals surface area contributed by atoms with E-state index < -0.39 is 0 Å². The molecule has 6 nitrogen and oxygen atoms in total. The second-order valence-electron chi connectivity index (χ2n) is 6.45. The Labute approximate surface area is 147 Å². The van der Waals surface area contributed by atoms with Crippen LogP contribution < -0.4 is 20.6 Å². The first-order chi connectivity index (χ1) is 12.0. The van der Waals surface area contributed by atoms with Crippen molar-refractivity contribution in [2.75, 3.05) is 33.8 Å². The third-order valence-corrected chi connectivity index (χ3v) is 3.87. The minimum atomic E-state index is -0.367. The number of hydrogen-bond acceptors (Lipinski definition) is 4. The Bertz CT molecular complexity index is 768. The monoisotopic (exact) mass is 347 g/mol. The van der Waals surface area contributed by atoms with E-state index in [2.05, 4.69) is 26.3 Å². The average Bonchev–Trinajstić information content (AvgIpc) is 2.56. The molecule has 1 aromatic carbocycles. The van der Waals surface area contributed by atoms with Gasteiger partial charge < -0.3 is 19.4 Å². The second kappa shape index (κ2) is 9.22. The Hall–Kier alpha value is -2.34. The number of amides is 1. The molecule has 0 aliphatic carbocycles. The van der Waals surface area contributed by atoms with Gasteiger partial charge in [-0.3, -0.25) is 4.79 Å². The molecule has 0 aliphatic rings. The van der Waals surface area contributed by atoms with Gasteiger partial charge in [0.1, 0.15) is 11.3 Å². The smallest absolute Gasteiger partial charge is 0.336 e. The van der Waals surface area contributed by atoms with Gasteiger partial charge in [0, 0.05) is 30.5 Å². The van der Waals surface area contributed by atoms with Gasteiger partial charge in [-0.05, 0) is 24.1 Å². The molecule has 1 heterocycles. The number of quaternary nitrogens is 1. The molecule has 25 heavy (non-hydrogen) atoms. The van der Waals surface area contributed by atoms with Crippen LogP contribution in [0.5, 0.6) is 5.75 Å². The van der Waals surface area contributed by atoms with E-state index in [0.717, 1.165) is 36.8 Å². The van der Waals surface area contributed by atoms with Crippen molar-refractivity contribution in [3.8, 4) is 5.75 Å². The standard InChI is InChI=1S/C19H26N2O4/c1-4-6-14-11-19(23)25-17-12-15(7-8-16(14)17)24-13-18(22)20-9-5-10-21(2)3/h7-8,11-12H,4-6,9-10,13H2,1-3H3,(H,20,22)/p+1. The van der Waals surface area contributed by atoms with Crippen LogP contribution in [0.3, 0.4) is 0 Å². The van der Waals surface area contributed by atoms with E-state index in [4.69, 9.17) is 9.15 Å². The molecule has 2 aromatic rings. The molecule has 0 saturated heterocycles. The van der Waals surface area contributed by atoms with E-state index >= 15 is 0 Å². The Morgan fingerprint density at radius 1 is 1.28 bits per heavy atom. The van der Waals surface area contributed by atoms with E-state index in [9.17, 15) is 9.59 Å². The van der Waals surface area contributed by atoms with Crippen molar-refractivity contribution < 1.29 is 18.8 Å². The SMILES string of the molecule is CCCc1cc(=O)oc2cc(OCC(=O)NCCC[NH+](C)C)ccc12. The zero-order valence-corrected chi connectivity index (χ0v) is 15.2. The van der Waals surface area contributed by atoms with Gasteiger partial charge in [-0.15, -0.1) is 0 Å². The van der Waals surface area contributed by atoms with Crippen LogP contribution in [0.1, 0.15) is 25.3 Å². The molecule has 0 radical (unpaired) electrons. The Morgan fingerprint density at radius 2 is 2.08 bits per heavy atom. The molecular weight excluding hydrogens is 320 g/mol. The average molecular weight is 347 g/mol. The molecule has 0 saturated carbocycles. The van der Waals surface area contributed by atoms with Crippen LogP contribution in [-0.4, -0.2) is 39.7 Å². The molecule has 1 amide bonds. The molecular formula is C19H27N2O4+. The summed E-state index contributed by atoms with van der Waals surface area (Å²) in [4.78, 5) is 24.8. The third-order valence-electron chi connectivity index (χ3n) is 3.87. The summed E-state index contributed by atoms with van der Waals surface area (Å²) in [6.07, 6.45) is 2.70. The summed E-state index contributed by atoms with van der Waals surface area (Å²) >= 11 is 0. The normalized spacial score (nSPS) is 11.0. The highest BCUT2D eigenvalue weighted by Gasteiger charge is 2.08. The maximum atomic E-state index is 11.8. The van der Waals surface area contributed by atoms with Crippen molar-refractivity contribution >= 4 is 16.9 Å². The van der Waals surface area contributed by atoms with Crippen molar-refractivity contribution in [3.63, 3.8) is 0 Å². The zero-order chi connectivity index (χ0) is 18.2. The highest BCUT2D eigenvalue weighted by atomic mass is 16.5. The lowest BCUT2D eigenvalue weighted by Crippen LogP contribution is -3.05. The number of carbonyl (C=O) groups excluding carboxylic acids is 1. The Morgan fingerprint density at radius 3 is 2.80 bits per heavy atom. The molecule has 0 fully saturated rings. The third kappa shape index (κ3) is 5.90. The summed E-state index contributed by atoms with van der Waals surface area (Å²) < 4.78 is 10.8. The fraction of sp³-hybridized carbons (Fsp3) is 0.474. The highest BCUT2D eigenvalue weighted by Crippen LogP contribution is 2.23. The van der Waals surface area contributed by atoms with Crippen LogP contribution in [0.15, 0.2) is 33.5 Å². The van der Waals surface area contributed by atoms with Gasteiger partial charge in [-0.25, -0.2) is 4.79 Å². The summed E-state index contributed by atoms with van der Waals surface area (Å²) in [6.45, 7) is 3.65. The van der Waals surface area contributed by atoms with E-state index in [-0.39, 0.29) is 18.1 Å². The van der Waals surface area contributed by atoms with Gasteiger partial charge in [0.05, 0.1) is 20.6 Å². The molecule has 0 spiro atoms. The number of hydrogen-bond donors (Lipinski definition) is 2. The van der Waals surface area contributed by atoms with Gasteiger partial charge in [0.2, 0.25) is 0 Å². The van der Waals surface area contributed by atoms with E-state index in [1.807, 2.05) is 6.07 Å². The maximum Gasteiger partial charge on any atom is 0.336 e. The van der Waals surface area contributed by atoms with E-state index in [1.54, 1.807) is 12.1 Å². The number of carbonyl (C=O) groups is 1. The first-order valence-electron chi connectivity index (χ1n) is 8.75. The number of aryl methyl sites for hydroxylation is 1. The van der Waals surface area contributed by atoms with Crippen molar-refractivity contribution in [2.45, 2.75) is 26.2 Å². The first kappa shape index (κ1) is 19.0. The first-order valence-corrected chi connectivity index (χ1v) is 8.75. The van der Waals surface area contributed by atoms with E-state index in [0.29, 0.717) is 17.9 Å². The summed E-state index contributed by atoms with van der Waals surface area (Å²) in [5.41, 5.74) is 1.10. The summed E-state index contributed by atoms with van der Waals surface area (Å²) in [6, 6.07) is 6.87. The highest BCUT2D eigenvalue weighted by molar-refractivity contribution is 5.82. The maximum absolute atomic E-state index is 11.8. The molecule has 2 rings (SSSR count). The lowest BCUT2D eigenvalue weighted by molar-refractivity contribution is -0.858. The number of nitrogens with one attached hydrogen (secondary N) is 2. The predicted molar refractivity (Wildman–Crippen MR) is 97.3 cm³/mol. The van der Waals surface area contributed by atoms with Crippen LogP contribution >= 0.6 is 0 Å². The van der Waals surface area contributed by atoms with Gasteiger partial charge in [0.25, 0.3) is 5.91 Å². The fourth-order valence-corrected chi connectivity index (χ4v) is 2.65. The van der Waals surface area contributed by atoms with Gasteiger partial charge in [0.15, 0.2) is 6.61 Å². The van der Waals surface area contributed by atoms with Crippen LogP contribution in [0.25, 0.3) is 11.0 Å². The van der Waals surface area contributed by atoms with Crippen molar-refractivity contribution in [3.05, 3.63) is 40.2 Å². The topological polar surface area (TPSA) is 73.0 Å². The molecule has 0 bridgehead atoms. The fourth-order valence-electron chi connectivity index (χ4n) is 2.65. The quantitative estimate of drug-likeness (QED) is 0.519. The van der Waals surface area contributed by atoms with Crippen LogP contribution in [-0.2, 0) is 11.2 Å². The largest absolute Gasteiger partial charge is 0.484 e. The predicted octanol–water partition coefficient (Wildman–Crippen LogP) is 0.775. The lowest BCUT2D eigenvalue weighted by Gasteiger charge is -2.10.